The quantitative estimate of drug-likeness (QED) is 0.848. The summed E-state index contributed by atoms with van der Waals surface area (Å²) in [5.41, 5.74) is 3.16. The minimum atomic E-state index is 0.911. The molecule has 0 unspecified atom stereocenters. The first-order valence-corrected chi connectivity index (χ1v) is 5.98. The number of fused-ring (bicyclic) bond motifs is 1. The van der Waals surface area contributed by atoms with Crippen LogP contribution in [0.5, 0.6) is 0 Å². The maximum Gasteiger partial charge on any atom is 0.137 e. The van der Waals surface area contributed by atoms with E-state index in [1.54, 1.807) is 6.20 Å². The van der Waals surface area contributed by atoms with Crippen molar-refractivity contribution in [3.8, 4) is 0 Å². The van der Waals surface area contributed by atoms with E-state index in [9.17, 15) is 0 Å². The number of H-pyrrole nitrogens is 1. The van der Waals surface area contributed by atoms with Crippen LogP contribution in [0.2, 0.25) is 0 Å². The summed E-state index contributed by atoms with van der Waals surface area (Å²) in [4.78, 5) is 4.40. The van der Waals surface area contributed by atoms with Crippen LogP contribution in [-0.2, 0) is 0 Å². The second kappa shape index (κ2) is 4.99. The van der Waals surface area contributed by atoms with Gasteiger partial charge >= 0.3 is 0 Å². The predicted molar refractivity (Wildman–Crippen MR) is 72.0 cm³/mol. The number of hydrogen-bond acceptors (Lipinski definition) is 3. The van der Waals surface area contributed by atoms with E-state index in [0.29, 0.717) is 0 Å². The van der Waals surface area contributed by atoms with Crippen LogP contribution in [0, 0.1) is 0 Å². The summed E-state index contributed by atoms with van der Waals surface area (Å²) < 4.78 is 0. The molecule has 2 aromatic rings. The number of anilines is 1. The minimum absolute atomic E-state index is 0.911. The largest absolute Gasteiger partial charge is 0.369 e. The Morgan fingerprint density at radius 1 is 1.53 bits per heavy atom. The smallest absolute Gasteiger partial charge is 0.137 e. The summed E-state index contributed by atoms with van der Waals surface area (Å²) in [6.07, 6.45) is 4.94. The second-order valence-corrected chi connectivity index (χ2v) is 4.05. The third-order valence-corrected chi connectivity index (χ3v) is 2.82. The van der Waals surface area contributed by atoms with Crippen molar-refractivity contribution < 1.29 is 0 Å². The van der Waals surface area contributed by atoms with E-state index < -0.39 is 0 Å². The molecule has 2 aromatic heterocycles. The fraction of sp³-hybridized carbons (Fsp3) is 0.385. The van der Waals surface area contributed by atoms with Gasteiger partial charge in [-0.2, -0.15) is 5.10 Å². The molecule has 17 heavy (non-hydrogen) atoms. The first-order chi connectivity index (χ1) is 8.27. The molecule has 0 saturated carbocycles. The van der Waals surface area contributed by atoms with Crippen molar-refractivity contribution in [2.45, 2.75) is 27.2 Å². The lowest BCUT2D eigenvalue weighted by Crippen LogP contribution is -2.02. The lowest BCUT2D eigenvalue weighted by molar-refractivity contribution is 0.972. The number of rotatable bonds is 4. The highest BCUT2D eigenvalue weighted by atomic mass is 15.1. The van der Waals surface area contributed by atoms with Crippen LogP contribution < -0.4 is 5.32 Å². The van der Waals surface area contributed by atoms with E-state index in [1.165, 1.54) is 0 Å². The zero-order valence-electron chi connectivity index (χ0n) is 10.5. The summed E-state index contributed by atoms with van der Waals surface area (Å²) in [6.45, 7) is 7.14. The van der Waals surface area contributed by atoms with Gasteiger partial charge < -0.3 is 5.32 Å². The summed E-state index contributed by atoms with van der Waals surface area (Å²) in [6, 6.07) is 1.95. The normalized spacial score (nSPS) is 12.1. The average molecular weight is 230 g/mol. The van der Waals surface area contributed by atoms with Crippen molar-refractivity contribution in [1.29, 1.82) is 0 Å². The molecule has 0 radical (unpaired) electrons. The SMILES string of the molecule is C/C=C(\C)c1n[nH]c2ccnc(NCCC)c12. The van der Waals surface area contributed by atoms with E-state index in [0.717, 1.165) is 41.0 Å². The Balaban J connectivity index is 2.55. The summed E-state index contributed by atoms with van der Waals surface area (Å²) in [5, 5.41) is 11.8. The molecule has 2 N–H and O–H groups in total. The minimum Gasteiger partial charge on any atom is -0.369 e. The number of hydrogen-bond donors (Lipinski definition) is 2. The number of aromatic nitrogens is 3. The molecular weight excluding hydrogens is 212 g/mol. The van der Waals surface area contributed by atoms with Crippen molar-refractivity contribution in [3.63, 3.8) is 0 Å². The first-order valence-electron chi connectivity index (χ1n) is 5.98. The molecule has 0 saturated heterocycles. The third-order valence-electron chi connectivity index (χ3n) is 2.82. The lowest BCUT2D eigenvalue weighted by Gasteiger charge is -2.06. The molecule has 2 heterocycles. The molecule has 4 heteroatoms. The Morgan fingerprint density at radius 2 is 2.35 bits per heavy atom. The summed E-state index contributed by atoms with van der Waals surface area (Å²) >= 11 is 0. The number of allylic oxidation sites excluding steroid dienone is 2. The Labute approximate surface area is 101 Å². The maximum atomic E-state index is 4.40. The molecule has 4 nitrogen and oxygen atoms in total. The fourth-order valence-corrected chi connectivity index (χ4v) is 1.77. The summed E-state index contributed by atoms with van der Waals surface area (Å²) in [7, 11) is 0. The number of nitrogens with zero attached hydrogens (tertiary/aromatic N) is 2. The van der Waals surface area contributed by atoms with Crippen LogP contribution in [0.4, 0.5) is 5.82 Å². The number of nitrogens with one attached hydrogen (secondary N) is 2. The molecule has 0 spiro atoms. The highest BCUT2D eigenvalue weighted by Crippen LogP contribution is 2.27. The van der Waals surface area contributed by atoms with E-state index >= 15 is 0 Å². The second-order valence-electron chi connectivity index (χ2n) is 4.05. The summed E-state index contributed by atoms with van der Waals surface area (Å²) in [5.74, 6) is 0.911. The monoisotopic (exact) mass is 230 g/mol. The molecule has 0 aliphatic rings. The van der Waals surface area contributed by atoms with Crippen molar-refractivity contribution in [2.24, 2.45) is 0 Å². The van der Waals surface area contributed by atoms with Crippen LogP contribution in [0.3, 0.4) is 0 Å². The number of pyridine rings is 1. The van der Waals surface area contributed by atoms with Gasteiger partial charge in [-0.25, -0.2) is 4.98 Å². The maximum absolute atomic E-state index is 4.40. The Hall–Kier alpha value is -1.84. The first kappa shape index (κ1) is 11.6. The Kier molecular flexibility index (Phi) is 3.42. The van der Waals surface area contributed by atoms with Crippen LogP contribution >= 0.6 is 0 Å². The molecule has 0 aliphatic heterocycles. The van der Waals surface area contributed by atoms with Crippen molar-refractivity contribution in [3.05, 3.63) is 24.0 Å². The molecule has 0 aromatic carbocycles. The third kappa shape index (κ3) is 2.16. The highest BCUT2D eigenvalue weighted by Gasteiger charge is 2.11. The molecule has 90 valence electrons. The van der Waals surface area contributed by atoms with Crippen molar-refractivity contribution in [1.82, 2.24) is 15.2 Å². The standard InChI is InChI=1S/C13H18N4/c1-4-7-14-13-11-10(6-8-15-13)16-17-12(11)9(3)5-2/h5-6,8H,4,7H2,1-3H3,(H,14,15)(H,16,17)/b9-5+. The van der Waals surface area contributed by atoms with Gasteiger partial charge in [0.15, 0.2) is 0 Å². The van der Waals surface area contributed by atoms with Crippen LogP contribution in [0.15, 0.2) is 18.3 Å². The van der Waals surface area contributed by atoms with Gasteiger partial charge in [-0.3, -0.25) is 5.10 Å². The fourth-order valence-electron chi connectivity index (χ4n) is 1.77. The number of aromatic amines is 1. The van der Waals surface area contributed by atoms with E-state index in [-0.39, 0.29) is 0 Å². The lowest BCUT2D eigenvalue weighted by atomic mass is 10.1. The van der Waals surface area contributed by atoms with E-state index in [2.05, 4.69) is 40.4 Å². The van der Waals surface area contributed by atoms with Gasteiger partial charge in [-0.05, 0) is 31.9 Å². The van der Waals surface area contributed by atoms with Crippen LogP contribution in [-0.4, -0.2) is 21.7 Å². The van der Waals surface area contributed by atoms with Crippen LogP contribution in [0.1, 0.15) is 32.9 Å². The Morgan fingerprint density at radius 3 is 3.06 bits per heavy atom. The van der Waals surface area contributed by atoms with Crippen molar-refractivity contribution >= 4 is 22.3 Å². The van der Waals surface area contributed by atoms with Crippen LogP contribution in [0.25, 0.3) is 16.5 Å². The van der Waals surface area contributed by atoms with Gasteiger partial charge in [-0.15, -0.1) is 0 Å². The molecular formula is C13H18N4. The molecule has 0 fully saturated rings. The van der Waals surface area contributed by atoms with E-state index in [1.807, 2.05) is 13.0 Å². The highest BCUT2D eigenvalue weighted by molar-refractivity contribution is 5.97. The van der Waals surface area contributed by atoms with Gasteiger partial charge in [-0.1, -0.05) is 13.0 Å². The molecule has 0 aliphatic carbocycles. The van der Waals surface area contributed by atoms with Gasteiger partial charge in [0, 0.05) is 12.7 Å². The van der Waals surface area contributed by atoms with Crippen molar-refractivity contribution in [2.75, 3.05) is 11.9 Å². The van der Waals surface area contributed by atoms with Gasteiger partial charge in [0.2, 0.25) is 0 Å². The average Bonchev–Trinajstić information content (AvgIpc) is 2.79. The van der Waals surface area contributed by atoms with Gasteiger partial charge in [0.1, 0.15) is 5.82 Å². The molecule has 0 atom stereocenters. The predicted octanol–water partition coefficient (Wildman–Crippen LogP) is 3.20. The zero-order valence-corrected chi connectivity index (χ0v) is 10.5. The van der Waals surface area contributed by atoms with Gasteiger partial charge in [0.05, 0.1) is 16.6 Å². The topological polar surface area (TPSA) is 53.6 Å². The molecule has 0 amide bonds. The van der Waals surface area contributed by atoms with Gasteiger partial charge in [0.25, 0.3) is 0 Å². The zero-order chi connectivity index (χ0) is 12.3. The molecule has 0 bridgehead atoms. The van der Waals surface area contributed by atoms with E-state index in [4.69, 9.17) is 0 Å². The molecule has 2 rings (SSSR count). The Bertz CT molecular complexity index is 539.